The Hall–Kier alpha value is -4.62. The second-order valence-electron chi connectivity index (χ2n) is 9.50. The van der Waals surface area contributed by atoms with Crippen molar-refractivity contribution < 1.29 is 14.3 Å². The minimum atomic E-state index is -0.291. The summed E-state index contributed by atoms with van der Waals surface area (Å²) in [5, 5.41) is 7.35. The number of aromatic nitrogens is 2. The standard InChI is InChI=1S/C32H29ClN4O3/c1-22-5-4-6-23(17-22)20-37-29-13-10-27(36-31(38)21-40-28-11-8-25(33)9-12-28)18-24(29)19-30(37)32(39)35-16-14-26-7-2-3-15-34-26/h2-13,15,17-19H,14,16,20-21H2,1H3,(H,35,39)(H,36,38). The summed E-state index contributed by atoms with van der Waals surface area (Å²) in [6.45, 7) is 2.91. The molecule has 0 spiro atoms. The van der Waals surface area contributed by atoms with Crippen LogP contribution in [0.3, 0.4) is 0 Å². The Labute approximate surface area is 237 Å². The quantitative estimate of drug-likeness (QED) is 0.221. The molecule has 7 nitrogen and oxygen atoms in total. The first-order valence-corrected chi connectivity index (χ1v) is 13.4. The first-order valence-electron chi connectivity index (χ1n) is 13.0. The molecule has 40 heavy (non-hydrogen) atoms. The Morgan fingerprint density at radius 1 is 0.950 bits per heavy atom. The Balaban J connectivity index is 1.34. The van der Waals surface area contributed by atoms with E-state index < -0.39 is 0 Å². The fraction of sp³-hybridized carbons (Fsp3) is 0.156. The van der Waals surface area contributed by atoms with Crippen LogP contribution in [0.5, 0.6) is 5.75 Å². The summed E-state index contributed by atoms with van der Waals surface area (Å²) in [5.74, 6) is 0.102. The first-order chi connectivity index (χ1) is 19.4. The van der Waals surface area contributed by atoms with E-state index in [1.807, 2.05) is 66.1 Å². The molecular weight excluding hydrogens is 524 g/mol. The normalized spacial score (nSPS) is 10.8. The predicted octanol–water partition coefficient (Wildman–Crippen LogP) is 6.04. The van der Waals surface area contributed by atoms with E-state index in [2.05, 4.69) is 27.8 Å². The van der Waals surface area contributed by atoms with E-state index in [9.17, 15) is 9.59 Å². The average Bonchev–Trinajstić information content (AvgIpc) is 3.30. The summed E-state index contributed by atoms with van der Waals surface area (Å²) < 4.78 is 7.56. The van der Waals surface area contributed by atoms with Crippen LogP contribution in [0, 0.1) is 6.92 Å². The number of aryl methyl sites for hydroxylation is 1. The molecule has 0 radical (unpaired) electrons. The molecule has 0 fully saturated rings. The fourth-order valence-corrected chi connectivity index (χ4v) is 4.64. The lowest BCUT2D eigenvalue weighted by atomic mass is 10.1. The van der Waals surface area contributed by atoms with Crippen molar-refractivity contribution in [3.05, 3.63) is 125 Å². The van der Waals surface area contributed by atoms with Crippen LogP contribution in [0.25, 0.3) is 10.9 Å². The molecule has 5 aromatic rings. The van der Waals surface area contributed by atoms with Crippen LogP contribution < -0.4 is 15.4 Å². The van der Waals surface area contributed by atoms with Crippen molar-refractivity contribution in [1.82, 2.24) is 14.9 Å². The van der Waals surface area contributed by atoms with Crippen LogP contribution in [0.1, 0.15) is 27.3 Å². The van der Waals surface area contributed by atoms with Crippen LogP contribution in [-0.2, 0) is 17.8 Å². The highest BCUT2D eigenvalue weighted by Crippen LogP contribution is 2.25. The molecule has 0 aliphatic heterocycles. The van der Waals surface area contributed by atoms with E-state index in [1.54, 1.807) is 30.5 Å². The molecule has 8 heteroatoms. The molecule has 5 rings (SSSR count). The molecule has 2 heterocycles. The number of fused-ring (bicyclic) bond motifs is 1. The number of benzene rings is 3. The van der Waals surface area contributed by atoms with Crippen LogP contribution in [0.2, 0.25) is 5.02 Å². The number of pyridine rings is 1. The number of halogens is 1. The van der Waals surface area contributed by atoms with Crippen molar-refractivity contribution in [3.8, 4) is 5.75 Å². The monoisotopic (exact) mass is 552 g/mol. The van der Waals surface area contributed by atoms with E-state index in [4.69, 9.17) is 16.3 Å². The van der Waals surface area contributed by atoms with Gasteiger partial charge in [0.15, 0.2) is 6.61 Å². The van der Waals surface area contributed by atoms with Gasteiger partial charge >= 0.3 is 0 Å². The number of hydrogen-bond acceptors (Lipinski definition) is 4. The van der Waals surface area contributed by atoms with Crippen molar-refractivity contribution >= 4 is 40.0 Å². The van der Waals surface area contributed by atoms with Gasteiger partial charge in [-0.15, -0.1) is 0 Å². The zero-order valence-electron chi connectivity index (χ0n) is 22.1. The first kappa shape index (κ1) is 27.0. The molecule has 0 saturated carbocycles. The molecule has 2 amide bonds. The molecular formula is C32H29ClN4O3. The molecule has 0 bridgehead atoms. The molecule has 202 valence electrons. The van der Waals surface area contributed by atoms with Crippen molar-refractivity contribution in [2.75, 3.05) is 18.5 Å². The molecule has 0 aliphatic rings. The van der Waals surface area contributed by atoms with Gasteiger partial charge in [-0.25, -0.2) is 0 Å². The van der Waals surface area contributed by atoms with E-state index in [-0.39, 0.29) is 18.4 Å². The summed E-state index contributed by atoms with van der Waals surface area (Å²) in [6.07, 6.45) is 2.38. The fourth-order valence-electron chi connectivity index (χ4n) is 4.52. The Bertz CT molecular complexity index is 1630. The summed E-state index contributed by atoms with van der Waals surface area (Å²) in [6, 6.07) is 28.3. The average molecular weight is 553 g/mol. The number of anilines is 1. The van der Waals surface area contributed by atoms with Crippen molar-refractivity contribution in [2.45, 2.75) is 19.9 Å². The highest BCUT2D eigenvalue weighted by atomic mass is 35.5. The van der Waals surface area contributed by atoms with Gasteiger partial charge in [0.1, 0.15) is 11.4 Å². The number of amides is 2. The summed E-state index contributed by atoms with van der Waals surface area (Å²) in [5.41, 5.74) is 5.23. The van der Waals surface area contributed by atoms with E-state index in [0.717, 1.165) is 27.7 Å². The van der Waals surface area contributed by atoms with Gasteiger partial charge in [-0.1, -0.05) is 47.5 Å². The summed E-state index contributed by atoms with van der Waals surface area (Å²) >= 11 is 5.90. The van der Waals surface area contributed by atoms with Crippen LogP contribution in [-0.4, -0.2) is 34.5 Å². The van der Waals surface area contributed by atoms with Crippen molar-refractivity contribution in [2.24, 2.45) is 0 Å². The lowest BCUT2D eigenvalue weighted by Crippen LogP contribution is -2.28. The lowest BCUT2D eigenvalue weighted by Gasteiger charge is -2.12. The number of ether oxygens (including phenoxy) is 1. The highest BCUT2D eigenvalue weighted by Gasteiger charge is 2.17. The maximum absolute atomic E-state index is 13.3. The summed E-state index contributed by atoms with van der Waals surface area (Å²) in [7, 11) is 0. The van der Waals surface area contributed by atoms with Gasteiger partial charge in [0, 0.05) is 53.0 Å². The van der Waals surface area contributed by atoms with Crippen molar-refractivity contribution in [1.29, 1.82) is 0 Å². The largest absolute Gasteiger partial charge is 0.484 e. The van der Waals surface area contributed by atoms with Gasteiger partial charge in [-0.3, -0.25) is 14.6 Å². The van der Waals surface area contributed by atoms with E-state index >= 15 is 0 Å². The molecule has 2 N–H and O–H groups in total. The molecule has 0 atom stereocenters. The number of nitrogens with one attached hydrogen (secondary N) is 2. The number of carbonyl (C=O) groups excluding carboxylic acids is 2. The maximum Gasteiger partial charge on any atom is 0.267 e. The lowest BCUT2D eigenvalue weighted by molar-refractivity contribution is -0.118. The molecule has 0 aliphatic carbocycles. The van der Waals surface area contributed by atoms with Crippen LogP contribution >= 0.6 is 11.6 Å². The van der Waals surface area contributed by atoms with Gasteiger partial charge in [0.05, 0.1) is 0 Å². The van der Waals surface area contributed by atoms with E-state index in [1.165, 1.54) is 0 Å². The van der Waals surface area contributed by atoms with E-state index in [0.29, 0.717) is 41.7 Å². The van der Waals surface area contributed by atoms with Gasteiger partial charge in [-0.05, 0) is 73.2 Å². The predicted molar refractivity (Wildman–Crippen MR) is 158 cm³/mol. The minimum Gasteiger partial charge on any atom is -0.484 e. The number of nitrogens with zero attached hydrogens (tertiary/aromatic N) is 2. The molecule has 0 unspecified atom stereocenters. The van der Waals surface area contributed by atoms with Crippen molar-refractivity contribution in [3.63, 3.8) is 0 Å². The highest BCUT2D eigenvalue weighted by molar-refractivity contribution is 6.30. The second-order valence-corrected chi connectivity index (χ2v) is 9.93. The van der Waals surface area contributed by atoms with Gasteiger partial charge in [-0.2, -0.15) is 0 Å². The van der Waals surface area contributed by atoms with Gasteiger partial charge < -0.3 is 19.9 Å². The second kappa shape index (κ2) is 12.5. The van der Waals surface area contributed by atoms with Crippen LogP contribution in [0.4, 0.5) is 5.69 Å². The SMILES string of the molecule is Cc1cccc(Cn2c(C(=O)NCCc3ccccn3)cc3cc(NC(=O)COc4ccc(Cl)cc4)ccc32)c1. The maximum atomic E-state index is 13.3. The Kier molecular flexibility index (Phi) is 8.42. The van der Waals surface area contributed by atoms with Crippen LogP contribution in [0.15, 0.2) is 97.2 Å². The molecule has 2 aromatic heterocycles. The number of hydrogen-bond donors (Lipinski definition) is 2. The molecule has 3 aromatic carbocycles. The molecule has 0 saturated heterocycles. The Morgan fingerprint density at radius 3 is 2.58 bits per heavy atom. The topological polar surface area (TPSA) is 85.3 Å². The third kappa shape index (κ3) is 6.87. The zero-order chi connectivity index (χ0) is 27.9. The summed E-state index contributed by atoms with van der Waals surface area (Å²) in [4.78, 5) is 30.2. The number of carbonyl (C=O) groups is 2. The third-order valence-corrected chi connectivity index (χ3v) is 6.67. The number of rotatable bonds is 10. The third-order valence-electron chi connectivity index (χ3n) is 6.42. The van der Waals surface area contributed by atoms with Gasteiger partial charge in [0.25, 0.3) is 11.8 Å². The zero-order valence-corrected chi connectivity index (χ0v) is 22.8. The minimum absolute atomic E-state index is 0.141. The Morgan fingerprint density at radius 2 is 1.80 bits per heavy atom. The van der Waals surface area contributed by atoms with Gasteiger partial charge in [0.2, 0.25) is 0 Å². The smallest absolute Gasteiger partial charge is 0.267 e.